The third kappa shape index (κ3) is 5.19. The molecule has 0 amide bonds. The van der Waals surface area contributed by atoms with Crippen LogP contribution in [0.15, 0.2) is 53.2 Å². The van der Waals surface area contributed by atoms with E-state index in [0.29, 0.717) is 24.0 Å². The molecule has 0 fully saturated rings. The molecule has 29 heavy (non-hydrogen) atoms. The van der Waals surface area contributed by atoms with Crippen molar-refractivity contribution in [3.05, 3.63) is 72.0 Å². The van der Waals surface area contributed by atoms with E-state index in [4.69, 9.17) is 14.2 Å². The molecule has 0 aromatic heterocycles. The Balaban J connectivity index is 1.93. The number of hydrogen-bond donors (Lipinski definition) is 0. The standard InChI is InChI=1S/C22H19I2NO4/c1-12(2)11-28-20-17(24)8-14(10-19(20)27-4)9-18-22(26)29-21(25-18)15-5-6-16(23)13(3)7-15/h5-10H,1,11H2,2-4H3/b18-9-. The minimum Gasteiger partial charge on any atom is -0.493 e. The molecule has 1 heterocycles. The number of nitrogens with zero attached hydrogens (tertiary/aromatic N) is 1. The molecule has 0 aliphatic carbocycles. The Morgan fingerprint density at radius 2 is 2.00 bits per heavy atom. The summed E-state index contributed by atoms with van der Waals surface area (Å²) in [6.07, 6.45) is 1.68. The second-order valence-corrected chi connectivity index (χ2v) is 8.90. The number of methoxy groups -OCH3 is 1. The van der Waals surface area contributed by atoms with Gasteiger partial charge in [0, 0.05) is 9.13 Å². The summed E-state index contributed by atoms with van der Waals surface area (Å²) >= 11 is 4.44. The molecular formula is C22H19I2NO4. The topological polar surface area (TPSA) is 57.1 Å². The lowest BCUT2D eigenvalue weighted by molar-refractivity contribution is -0.129. The van der Waals surface area contributed by atoms with Gasteiger partial charge >= 0.3 is 5.97 Å². The zero-order valence-corrected chi connectivity index (χ0v) is 20.5. The fourth-order valence-electron chi connectivity index (χ4n) is 2.63. The van der Waals surface area contributed by atoms with Crippen molar-refractivity contribution in [3.8, 4) is 11.5 Å². The molecule has 3 rings (SSSR count). The van der Waals surface area contributed by atoms with Crippen molar-refractivity contribution in [2.75, 3.05) is 13.7 Å². The first kappa shape index (κ1) is 21.8. The summed E-state index contributed by atoms with van der Waals surface area (Å²) in [5.74, 6) is 1.05. The van der Waals surface area contributed by atoms with E-state index in [1.54, 1.807) is 19.3 Å². The van der Waals surface area contributed by atoms with Gasteiger partial charge in [-0.25, -0.2) is 9.79 Å². The molecule has 0 radical (unpaired) electrons. The van der Waals surface area contributed by atoms with Gasteiger partial charge in [-0.15, -0.1) is 0 Å². The summed E-state index contributed by atoms with van der Waals surface area (Å²) in [4.78, 5) is 16.7. The summed E-state index contributed by atoms with van der Waals surface area (Å²) in [5, 5.41) is 0. The van der Waals surface area contributed by atoms with Crippen molar-refractivity contribution in [2.45, 2.75) is 13.8 Å². The Morgan fingerprint density at radius 1 is 1.24 bits per heavy atom. The van der Waals surface area contributed by atoms with Gasteiger partial charge in [0.2, 0.25) is 5.90 Å². The minimum atomic E-state index is -0.479. The summed E-state index contributed by atoms with van der Waals surface area (Å²) in [6, 6.07) is 9.53. The number of aryl methyl sites for hydroxylation is 1. The van der Waals surface area contributed by atoms with Crippen LogP contribution in [0, 0.1) is 14.1 Å². The predicted octanol–water partition coefficient (Wildman–Crippen LogP) is 5.51. The van der Waals surface area contributed by atoms with Crippen LogP contribution in [0.1, 0.15) is 23.6 Å². The van der Waals surface area contributed by atoms with Crippen molar-refractivity contribution in [3.63, 3.8) is 0 Å². The van der Waals surface area contributed by atoms with E-state index >= 15 is 0 Å². The molecule has 1 aliphatic rings. The number of esters is 1. The molecule has 0 spiro atoms. The highest BCUT2D eigenvalue weighted by Crippen LogP contribution is 2.35. The highest BCUT2D eigenvalue weighted by atomic mass is 127. The highest BCUT2D eigenvalue weighted by molar-refractivity contribution is 14.1. The van der Waals surface area contributed by atoms with Crippen molar-refractivity contribution in [1.29, 1.82) is 0 Å². The second-order valence-electron chi connectivity index (χ2n) is 6.58. The average Bonchev–Trinajstić information content (AvgIpc) is 3.03. The van der Waals surface area contributed by atoms with Gasteiger partial charge in [0.1, 0.15) is 6.61 Å². The largest absolute Gasteiger partial charge is 0.493 e. The van der Waals surface area contributed by atoms with Crippen molar-refractivity contribution >= 4 is 63.1 Å². The second kappa shape index (κ2) is 9.29. The maximum atomic E-state index is 12.3. The Bertz CT molecular complexity index is 1060. The van der Waals surface area contributed by atoms with Crippen LogP contribution < -0.4 is 9.47 Å². The van der Waals surface area contributed by atoms with E-state index < -0.39 is 5.97 Å². The van der Waals surface area contributed by atoms with Crippen LogP contribution in [-0.4, -0.2) is 25.6 Å². The number of halogens is 2. The molecule has 0 unspecified atom stereocenters. The maximum Gasteiger partial charge on any atom is 0.363 e. The normalized spacial score (nSPS) is 14.6. The van der Waals surface area contributed by atoms with Gasteiger partial charge < -0.3 is 14.2 Å². The first-order chi connectivity index (χ1) is 13.8. The third-order valence-electron chi connectivity index (χ3n) is 4.04. The zero-order valence-electron chi connectivity index (χ0n) is 16.2. The molecule has 0 N–H and O–H groups in total. The van der Waals surface area contributed by atoms with Gasteiger partial charge in [0.05, 0.1) is 10.7 Å². The summed E-state index contributed by atoms with van der Waals surface area (Å²) in [5.41, 5.74) is 3.80. The quantitative estimate of drug-likeness (QED) is 0.186. The van der Waals surface area contributed by atoms with Gasteiger partial charge in [-0.05, 0) is 112 Å². The van der Waals surface area contributed by atoms with Gasteiger partial charge in [-0.1, -0.05) is 6.58 Å². The van der Waals surface area contributed by atoms with Crippen LogP contribution >= 0.6 is 45.2 Å². The number of cyclic esters (lactones) is 1. The Hall–Kier alpha value is -1.88. The zero-order chi connectivity index (χ0) is 21.1. The first-order valence-electron chi connectivity index (χ1n) is 8.72. The van der Waals surface area contributed by atoms with Crippen molar-refractivity contribution in [2.24, 2.45) is 4.99 Å². The molecule has 7 heteroatoms. The monoisotopic (exact) mass is 615 g/mol. The molecule has 0 saturated carbocycles. The van der Waals surface area contributed by atoms with Crippen molar-refractivity contribution < 1.29 is 19.0 Å². The van der Waals surface area contributed by atoms with Crippen LogP contribution in [-0.2, 0) is 9.53 Å². The SMILES string of the molecule is C=C(C)COc1c(I)cc(/C=C2\N=C(c3ccc(I)c(C)c3)OC2=O)cc1OC. The fourth-order valence-corrected chi connectivity index (χ4v) is 3.74. The van der Waals surface area contributed by atoms with Gasteiger partial charge in [-0.2, -0.15) is 0 Å². The van der Waals surface area contributed by atoms with Crippen LogP contribution in [0.3, 0.4) is 0 Å². The molecule has 0 saturated heterocycles. The van der Waals surface area contributed by atoms with Crippen molar-refractivity contribution in [1.82, 2.24) is 0 Å². The van der Waals surface area contributed by atoms with E-state index in [1.807, 2.05) is 38.1 Å². The van der Waals surface area contributed by atoms with Crippen LogP contribution in [0.4, 0.5) is 0 Å². The lowest BCUT2D eigenvalue weighted by Gasteiger charge is -2.13. The van der Waals surface area contributed by atoms with Gasteiger partial charge in [0.15, 0.2) is 17.2 Å². The summed E-state index contributed by atoms with van der Waals surface area (Å²) in [6.45, 7) is 8.15. The van der Waals surface area contributed by atoms with Gasteiger partial charge in [0.25, 0.3) is 0 Å². The van der Waals surface area contributed by atoms with Crippen LogP contribution in [0.2, 0.25) is 0 Å². The molecule has 1 aliphatic heterocycles. The van der Waals surface area contributed by atoms with E-state index in [-0.39, 0.29) is 5.70 Å². The van der Waals surface area contributed by atoms with E-state index in [0.717, 1.165) is 29.4 Å². The fraction of sp³-hybridized carbons (Fsp3) is 0.182. The lowest BCUT2D eigenvalue weighted by atomic mass is 10.1. The third-order valence-corrected chi connectivity index (χ3v) is 6.06. The maximum absolute atomic E-state index is 12.3. The van der Waals surface area contributed by atoms with Gasteiger partial charge in [-0.3, -0.25) is 0 Å². The van der Waals surface area contributed by atoms with E-state index in [1.165, 1.54) is 0 Å². The van der Waals surface area contributed by atoms with E-state index in [2.05, 4.69) is 56.8 Å². The highest BCUT2D eigenvalue weighted by Gasteiger charge is 2.25. The molecule has 0 bridgehead atoms. The van der Waals surface area contributed by atoms with Crippen LogP contribution in [0.25, 0.3) is 6.08 Å². The number of ether oxygens (including phenoxy) is 3. The molecule has 2 aromatic carbocycles. The van der Waals surface area contributed by atoms with E-state index in [9.17, 15) is 4.79 Å². The first-order valence-corrected chi connectivity index (χ1v) is 10.9. The number of benzene rings is 2. The molecular weight excluding hydrogens is 596 g/mol. The number of rotatable bonds is 6. The number of hydrogen-bond acceptors (Lipinski definition) is 5. The molecule has 0 atom stereocenters. The van der Waals surface area contributed by atoms with Crippen LogP contribution in [0.5, 0.6) is 11.5 Å². The number of carbonyl (C=O) groups excluding carboxylic acids is 1. The molecule has 2 aromatic rings. The molecule has 150 valence electrons. The summed E-state index contributed by atoms with van der Waals surface area (Å²) < 4.78 is 18.6. The Labute approximate surface area is 197 Å². The average molecular weight is 615 g/mol. The predicted molar refractivity (Wildman–Crippen MR) is 131 cm³/mol. The minimum absolute atomic E-state index is 0.240. The molecule has 5 nitrogen and oxygen atoms in total. The lowest BCUT2D eigenvalue weighted by Crippen LogP contribution is -2.06. The number of carbonyl (C=O) groups is 1. The Morgan fingerprint density at radius 3 is 2.66 bits per heavy atom. The Kier molecular flexibility index (Phi) is 6.99. The smallest absolute Gasteiger partial charge is 0.363 e. The number of aliphatic imine (C=N–C) groups is 1. The summed E-state index contributed by atoms with van der Waals surface area (Å²) in [7, 11) is 1.58.